The summed E-state index contributed by atoms with van der Waals surface area (Å²) in [5, 5.41) is 0. The highest BCUT2D eigenvalue weighted by Crippen LogP contribution is 2.26. The van der Waals surface area contributed by atoms with Gasteiger partial charge in [-0.3, -0.25) is 0 Å². The van der Waals surface area contributed by atoms with E-state index >= 15 is 0 Å². The first-order valence-corrected chi connectivity index (χ1v) is 33.0. The van der Waals surface area contributed by atoms with Gasteiger partial charge < -0.3 is 9.97 Å². The van der Waals surface area contributed by atoms with Crippen LogP contribution in [0, 0.1) is 0 Å². The monoisotopic (exact) mass is 1310 g/mol. The smallest absolute Gasteiger partial charge is 0.0659 e. The number of aromatic amines is 2. The molecule has 0 aliphatic carbocycles. The maximum absolute atomic E-state index is 4.86. The molecule has 17 heteroatoms. The molecule has 15 aliphatic heterocycles. The van der Waals surface area contributed by atoms with Crippen molar-refractivity contribution in [1.29, 1.82) is 0 Å². The van der Waals surface area contributed by atoms with Gasteiger partial charge in [0.2, 0.25) is 0 Å². The van der Waals surface area contributed by atoms with Crippen molar-refractivity contribution < 1.29 is 0 Å². The molecule has 0 saturated carbocycles. The highest BCUT2D eigenvalue weighted by atomic mass is 14.8. The van der Waals surface area contributed by atoms with Crippen molar-refractivity contribution in [1.82, 2.24) is 84.7 Å². The number of hydrogen-bond donors (Lipinski definition) is 2. The Morgan fingerprint density at radius 3 is 0.275 bits per heavy atom. The maximum atomic E-state index is 4.86. The summed E-state index contributed by atoms with van der Waals surface area (Å²) in [7, 11) is 0. The number of aromatic nitrogens is 17. The lowest BCUT2D eigenvalue weighted by Crippen LogP contribution is -1.80. The number of fused-ring (bicyclic) bond motifs is 34. The second-order valence-corrected chi connectivity index (χ2v) is 24.6. The first kappa shape index (κ1) is 60.0. The second kappa shape index (κ2) is 26.2. The van der Waals surface area contributed by atoms with Crippen LogP contribution in [-0.2, 0) is 0 Å². The van der Waals surface area contributed by atoms with Gasteiger partial charge in [0.05, 0.1) is 171 Å². The van der Waals surface area contributed by atoms with E-state index in [1.807, 2.05) is 310 Å². The third-order valence-corrected chi connectivity index (χ3v) is 16.8. The fraction of sp³-hybridized carbons (Fsp3) is 0. The quantitative estimate of drug-likeness (QED) is 0.144. The van der Waals surface area contributed by atoms with Crippen molar-refractivity contribution in [3.63, 3.8) is 0 Å². The summed E-state index contributed by atoms with van der Waals surface area (Å²) in [5.74, 6) is 0. The van der Waals surface area contributed by atoms with Crippen molar-refractivity contribution in [2.24, 2.45) is 0 Å². The van der Waals surface area contributed by atoms with Crippen LogP contribution in [0.15, 0.2) is 127 Å². The highest BCUT2D eigenvalue weighted by Gasteiger charge is 2.12. The number of hydrogen-bond acceptors (Lipinski definition) is 15. The van der Waals surface area contributed by atoms with Crippen molar-refractivity contribution in [3.8, 4) is 0 Å². The van der Waals surface area contributed by atoms with E-state index in [4.69, 9.17) is 74.8 Å². The van der Waals surface area contributed by atoms with Crippen molar-refractivity contribution in [2.45, 2.75) is 0 Å². The minimum absolute atomic E-state index is 0.801. The van der Waals surface area contributed by atoms with E-state index < -0.39 is 0 Å². The van der Waals surface area contributed by atoms with E-state index in [1.54, 1.807) is 0 Å². The van der Waals surface area contributed by atoms with Gasteiger partial charge >= 0.3 is 0 Å². The van der Waals surface area contributed by atoms with Crippen molar-refractivity contribution in [2.75, 3.05) is 0 Å². The largest absolute Gasteiger partial charge is 0.355 e. The summed E-state index contributed by atoms with van der Waals surface area (Å²) in [6, 6.07) is 41.8. The van der Waals surface area contributed by atoms with Crippen LogP contribution in [0.3, 0.4) is 0 Å². The number of nitrogens with zero attached hydrogens (tertiary/aromatic N) is 15. The zero-order valence-electron chi connectivity index (χ0n) is 54.2. The van der Waals surface area contributed by atoms with Gasteiger partial charge in [-0.15, -0.1) is 0 Å². The van der Waals surface area contributed by atoms with Crippen LogP contribution >= 0.6 is 0 Å². The average Bonchev–Trinajstić information content (AvgIpc) is 1.72. The molecule has 0 unspecified atom stereocenters. The molecule has 18 heterocycles. The van der Waals surface area contributed by atoms with E-state index in [2.05, 4.69) is 9.97 Å². The Morgan fingerprint density at radius 1 is 0.108 bits per heavy atom. The fourth-order valence-electron chi connectivity index (χ4n) is 12.1. The lowest BCUT2D eigenvalue weighted by atomic mass is 10.3. The van der Waals surface area contributed by atoms with Crippen molar-refractivity contribution >= 4 is 204 Å². The fourth-order valence-corrected chi connectivity index (χ4v) is 12.1. The second-order valence-electron chi connectivity index (χ2n) is 24.6. The molecule has 0 atom stereocenters. The molecule has 18 rings (SSSR count). The van der Waals surface area contributed by atoms with Crippen LogP contribution in [0.2, 0.25) is 0 Å². The SMILES string of the molecule is C1=Cc2cc3nc(cc4nc(cc5nc(cc6nc(cc7nc(cc8nc(cc9ccc(cc%10nc(cc%11ccc(cc%12nc(cc%13nc(cc%14nc(cc%15nc(cc%16nc(cc%17nc(cc%18nc(cc1n2)C=C%18)C=C%17)C=C%16)C=C%15)C=C%14)C=C%13)C=C%12)[nH]%11)C=C%10)[nH]9)C=C8)C=C7)C=C6)C=C5)C=C4)C=C3. The summed E-state index contributed by atoms with van der Waals surface area (Å²) in [5.41, 5.74) is 28.0. The van der Waals surface area contributed by atoms with Gasteiger partial charge in [0, 0.05) is 22.1 Å². The Morgan fingerprint density at radius 2 is 0.186 bits per heavy atom. The first-order chi connectivity index (χ1) is 50.1. The van der Waals surface area contributed by atoms with Gasteiger partial charge in [0.1, 0.15) is 0 Å². The Labute approximate surface area is 584 Å². The van der Waals surface area contributed by atoms with Crippen LogP contribution in [-0.4, -0.2) is 84.7 Å². The molecule has 3 aromatic rings. The zero-order chi connectivity index (χ0) is 67.7. The molecular weight excluding hydrogens is 1260 g/mol. The molecular formula is C85H53N17. The Hall–Kier alpha value is -14.5. The molecule has 0 aromatic carbocycles. The topological polar surface area (TPSA) is 225 Å². The minimum Gasteiger partial charge on any atom is -0.355 e. The molecule has 478 valence electrons. The minimum atomic E-state index is 0.801. The molecule has 3 aromatic heterocycles. The standard InChI is InChI=1S/C85H53N17/c1-2-53-36-55-5-6-57(88-55)38-59-9-10-61(90-59)40-63-13-14-65(92-63)42-67-17-18-69(94-67)44-71-21-22-73(96-71)46-75-25-26-77(98-75)48-79-29-30-81(100-79)50-83-33-34-85(102-83)51-84-32-31-82(101-84)49-80-28-27-78(99-80)47-76-24-23-74(97-76)45-72-20-19-70(95-72)43-68-16-15-66(93-68)41-64-12-11-62(91-64)39-60-8-7-58(89-60)37-56-4-3-54(87-56)35-52(1)86-53/h1-51,86,89H. The Bertz CT molecular complexity index is 5780. The van der Waals surface area contributed by atoms with Crippen molar-refractivity contribution in [3.05, 3.63) is 298 Å². The summed E-state index contributed by atoms with van der Waals surface area (Å²) in [4.78, 5) is 79.4. The predicted molar refractivity (Wildman–Crippen MR) is 415 cm³/mol. The van der Waals surface area contributed by atoms with Crippen LogP contribution in [0.4, 0.5) is 0 Å². The lowest BCUT2D eigenvalue weighted by molar-refractivity contribution is 1.24. The van der Waals surface area contributed by atoms with Gasteiger partial charge in [-0.05, 0) is 310 Å². The van der Waals surface area contributed by atoms with Gasteiger partial charge in [-0.2, -0.15) is 0 Å². The number of H-pyrrole nitrogens is 2. The average molecular weight is 1310 g/mol. The van der Waals surface area contributed by atoms with E-state index in [0.717, 1.165) is 193 Å². The number of rotatable bonds is 0. The lowest BCUT2D eigenvalue weighted by Gasteiger charge is -1.86. The summed E-state index contributed by atoms with van der Waals surface area (Å²) in [6.45, 7) is 0. The van der Waals surface area contributed by atoms with Crippen LogP contribution < -0.4 is 0 Å². The molecule has 0 radical (unpaired) electrons. The third kappa shape index (κ3) is 14.3. The number of nitrogens with one attached hydrogen (secondary N) is 2. The maximum Gasteiger partial charge on any atom is 0.0659 e. The molecule has 0 amide bonds. The Kier molecular flexibility index (Phi) is 15.4. The van der Waals surface area contributed by atoms with Gasteiger partial charge in [-0.25, -0.2) is 74.8 Å². The molecule has 17 nitrogen and oxygen atoms in total. The summed E-state index contributed by atoms with van der Waals surface area (Å²) < 4.78 is 0. The molecule has 2 N–H and O–H groups in total. The third-order valence-electron chi connectivity index (χ3n) is 16.8. The molecule has 0 saturated heterocycles. The summed E-state index contributed by atoms with van der Waals surface area (Å²) >= 11 is 0. The molecule has 102 heavy (non-hydrogen) atoms. The van der Waals surface area contributed by atoms with E-state index in [-0.39, 0.29) is 0 Å². The highest BCUT2D eigenvalue weighted by molar-refractivity contribution is 5.85. The normalized spacial score (nSPS) is 13.7. The zero-order valence-corrected chi connectivity index (χ0v) is 54.2. The molecule has 0 fully saturated rings. The van der Waals surface area contributed by atoms with Crippen LogP contribution in [0.5, 0.6) is 0 Å². The van der Waals surface area contributed by atoms with E-state index in [0.29, 0.717) is 0 Å². The first-order valence-electron chi connectivity index (χ1n) is 33.0. The molecule has 0 spiro atoms. The van der Waals surface area contributed by atoms with Crippen LogP contribution in [0.25, 0.3) is 204 Å². The Balaban J connectivity index is 0.626. The summed E-state index contributed by atoms with van der Waals surface area (Å²) in [6.07, 6.45) is 59.5. The van der Waals surface area contributed by atoms with Gasteiger partial charge in [0.15, 0.2) is 0 Å². The van der Waals surface area contributed by atoms with E-state index in [9.17, 15) is 0 Å². The van der Waals surface area contributed by atoms with Crippen LogP contribution in [0.1, 0.15) is 171 Å². The predicted octanol–water partition coefficient (Wildman–Crippen LogP) is 17.7. The molecule has 34 bridgehead atoms. The molecule has 15 aliphatic rings. The van der Waals surface area contributed by atoms with E-state index in [1.165, 1.54) is 0 Å². The van der Waals surface area contributed by atoms with Gasteiger partial charge in [0.25, 0.3) is 0 Å². The van der Waals surface area contributed by atoms with Gasteiger partial charge in [-0.1, -0.05) is 0 Å².